The van der Waals surface area contributed by atoms with E-state index in [-0.39, 0.29) is 0 Å². The summed E-state index contributed by atoms with van der Waals surface area (Å²) < 4.78 is 0. The van der Waals surface area contributed by atoms with Crippen molar-refractivity contribution in [1.82, 2.24) is 19.6 Å². The van der Waals surface area contributed by atoms with Gasteiger partial charge in [0.2, 0.25) is 0 Å². The monoisotopic (exact) mass is 836 g/mol. The number of rotatable bonds is 8. The lowest BCUT2D eigenvalue weighted by atomic mass is 10.0. The highest BCUT2D eigenvalue weighted by Crippen LogP contribution is 2.25. The van der Waals surface area contributed by atoms with E-state index in [0.717, 1.165) is 78.5 Å². The summed E-state index contributed by atoms with van der Waals surface area (Å²) in [6.45, 7) is 10.4. The van der Waals surface area contributed by atoms with E-state index in [1.54, 1.807) is 0 Å². The first-order chi connectivity index (χ1) is 31.6. The van der Waals surface area contributed by atoms with Crippen molar-refractivity contribution in [2.24, 2.45) is 0 Å². The third-order valence-electron chi connectivity index (χ3n) is 12.4. The minimum Gasteiger partial charge on any atom is -0.291 e. The molecule has 0 saturated heterocycles. The summed E-state index contributed by atoms with van der Waals surface area (Å²) in [6.07, 6.45) is 0. The standard InChI is InChI=1S/C60H60N4/c1-5-19-49(20-6-1)37-61-41-53-27-17-28-54(35-53)42-63(39-51-23-9-3-10-24-51)47-59-33-15-16-34-60(59)48-64(40-52-25-11-4-12-26-52)44-56-30-18-29-55(36-56)43-62(38-50-21-7-2-8-22-50)46-58-32-14-13-31-57(58)45-61/h1-36H,37-48H2. The van der Waals surface area contributed by atoms with E-state index in [1.165, 1.54) is 66.8 Å². The van der Waals surface area contributed by atoms with Crippen LogP contribution in [0.4, 0.5) is 0 Å². The van der Waals surface area contributed by atoms with Crippen LogP contribution in [0.1, 0.15) is 66.8 Å². The van der Waals surface area contributed by atoms with Crippen LogP contribution >= 0.6 is 0 Å². The molecule has 0 N–H and O–H groups in total. The van der Waals surface area contributed by atoms with Crippen LogP contribution in [0.3, 0.4) is 0 Å². The zero-order chi connectivity index (χ0) is 43.2. The first-order valence-corrected chi connectivity index (χ1v) is 23.0. The molecule has 0 saturated carbocycles. The van der Waals surface area contributed by atoms with Gasteiger partial charge >= 0.3 is 0 Å². The molecule has 1 heterocycles. The predicted molar refractivity (Wildman–Crippen MR) is 263 cm³/mol. The molecule has 4 nitrogen and oxygen atoms in total. The fraction of sp³-hybridized carbons (Fsp3) is 0.200. The fourth-order valence-corrected chi connectivity index (χ4v) is 9.42. The molecule has 0 radical (unpaired) electrons. The lowest BCUT2D eigenvalue weighted by Crippen LogP contribution is -2.27. The molecule has 0 spiro atoms. The van der Waals surface area contributed by atoms with Crippen molar-refractivity contribution in [2.45, 2.75) is 78.5 Å². The summed E-state index contributed by atoms with van der Waals surface area (Å²) in [5.74, 6) is 0. The summed E-state index contributed by atoms with van der Waals surface area (Å²) >= 11 is 0. The Hall–Kier alpha value is -6.40. The predicted octanol–water partition coefficient (Wildman–Crippen LogP) is 12.8. The van der Waals surface area contributed by atoms with E-state index in [1.807, 2.05) is 0 Å². The second kappa shape index (κ2) is 21.8. The molecule has 0 amide bonds. The quantitative estimate of drug-likeness (QED) is 0.151. The zero-order valence-corrected chi connectivity index (χ0v) is 37.1. The molecule has 1 aliphatic rings. The van der Waals surface area contributed by atoms with E-state index < -0.39 is 0 Å². The molecule has 4 bridgehead atoms. The van der Waals surface area contributed by atoms with Crippen molar-refractivity contribution in [3.8, 4) is 0 Å². The van der Waals surface area contributed by atoms with Gasteiger partial charge in [-0.15, -0.1) is 0 Å². The Labute approximate surface area is 381 Å². The topological polar surface area (TPSA) is 13.0 Å². The molecule has 1 aliphatic heterocycles. The van der Waals surface area contributed by atoms with E-state index in [4.69, 9.17) is 0 Å². The molecule has 0 fully saturated rings. The third-order valence-corrected chi connectivity index (χ3v) is 12.4. The van der Waals surface area contributed by atoms with Crippen molar-refractivity contribution >= 4 is 0 Å². The third kappa shape index (κ3) is 12.4. The molecule has 0 aliphatic carbocycles. The lowest BCUT2D eigenvalue weighted by molar-refractivity contribution is 0.230. The van der Waals surface area contributed by atoms with Crippen LogP contribution in [0.25, 0.3) is 0 Å². The largest absolute Gasteiger partial charge is 0.291 e. The fourth-order valence-electron chi connectivity index (χ4n) is 9.42. The number of hydrogen-bond donors (Lipinski definition) is 0. The SMILES string of the molecule is c1ccc(CN2Cc3cccc(c3)CN(Cc3ccccc3)Cc3ccccc3CN(Cc3ccccc3)Cc3cccc(c3)CN(Cc3ccccc3)Cc3ccccc3C2)cc1. The maximum absolute atomic E-state index is 2.63. The summed E-state index contributed by atoms with van der Waals surface area (Å²) in [6, 6.07) is 80.9. The molecule has 0 aromatic heterocycles. The van der Waals surface area contributed by atoms with Gasteiger partial charge < -0.3 is 0 Å². The maximum Gasteiger partial charge on any atom is 0.0244 e. The molecular formula is C60H60N4. The van der Waals surface area contributed by atoms with Crippen molar-refractivity contribution in [2.75, 3.05) is 0 Å². The molecule has 8 aromatic rings. The average molecular weight is 837 g/mol. The Kier molecular flexibility index (Phi) is 14.6. The van der Waals surface area contributed by atoms with E-state index in [0.29, 0.717) is 0 Å². The minimum atomic E-state index is 0.857. The van der Waals surface area contributed by atoms with Crippen LogP contribution in [-0.4, -0.2) is 19.6 Å². The average Bonchev–Trinajstić information content (AvgIpc) is 3.31. The molecule has 320 valence electrons. The Morgan fingerprint density at radius 2 is 0.438 bits per heavy atom. The molecule has 9 rings (SSSR count). The van der Waals surface area contributed by atoms with Crippen LogP contribution in [-0.2, 0) is 78.5 Å². The van der Waals surface area contributed by atoms with Gasteiger partial charge in [-0.2, -0.15) is 0 Å². The van der Waals surface area contributed by atoms with Gasteiger partial charge in [0.15, 0.2) is 0 Å². The van der Waals surface area contributed by atoms with Gasteiger partial charge in [-0.1, -0.05) is 218 Å². The van der Waals surface area contributed by atoms with Gasteiger partial charge in [-0.25, -0.2) is 0 Å². The highest BCUT2D eigenvalue weighted by molar-refractivity contribution is 5.32. The Morgan fingerprint density at radius 1 is 0.219 bits per heavy atom. The van der Waals surface area contributed by atoms with Crippen LogP contribution in [0.2, 0.25) is 0 Å². The van der Waals surface area contributed by atoms with E-state index >= 15 is 0 Å². The van der Waals surface area contributed by atoms with Crippen molar-refractivity contribution in [3.63, 3.8) is 0 Å². The summed E-state index contributed by atoms with van der Waals surface area (Å²) in [7, 11) is 0. The van der Waals surface area contributed by atoms with Crippen LogP contribution < -0.4 is 0 Å². The van der Waals surface area contributed by atoms with Gasteiger partial charge in [0, 0.05) is 78.5 Å². The highest BCUT2D eigenvalue weighted by Gasteiger charge is 2.18. The summed E-state index contributed by atoms with van der Waals surface area (Å²) in [5, 5.41) is 0. The van der Waals surface area contributed by atoms with Crippen molar-refractivity contribution in [1.29, 1.82) is 0 Å². The first kappa shape index (κ1) is 42.9. The second-order valence-electron chi connectivity index (χ2n) is 17.7. The van der Waals surface area contributed by atoms with E-state index in [9.17, 15) is 0 Å². The second-order valence-corrected chi connectivity index (χ2v) is 17.7. The normalized spacial score (nSPS) is 15.0. The van der Waals surface area contributed by atoms with Crippen LogP contribution in [0.5, 0.6) is 0 Å². The Bertz CT molecular complexity index is 2290. The number of fused-ring (bicyclic) bond motifs is 6. The number of nitrogens with zero attached hydrogens (tertiary/aromatic N) is 4. The van der Waals surface area contributed by atoms with Crippen molar-refractivity contribution in [3.05, 3.63) is 285 Å². The highest BCUT2D eigenvalue weighted by atomic mass is 15.1. The van der Waals surface area contributed by atoms with Gasteiger partial charge in [-0.05, 0) is 66.8 Å². The van der Waals surface area contributed by atoms with Crippen molar-refractivity contribution < 1.29 is 0 Å². The molecular weight excluding hydrogens is 777 g/mol. The molecule has 0 unspecified atom stereocenters. The van der Waals surface area contributed by atoms with Gasteiger partial charge in [0.25, 0.3) is 0 Å². The first-order valence-electron chi connectivity index (χ1n) is 23.0. The van der Waals surface area contributed by atoms with Gasteiger partial charge in [0.1, 0.15) is 0 Å². The molecule has 8 aromatic carbocycles. The molecule has 0 atom stereocenters. The van der Waals surface area contributed by atoms with Crippen LogP contribution in [0, 0.1) is 0 Å². The zero-order valence-electron chi connectivity index (χ0n) is 37.1. The summed E-state index contributed by atoms with van der Waals surface area (Å²) in [4.78, 5) is 10.5. The number of benzene rings is 8. The van der Waals surface area contributed by atoms with Gasteiger partial charge in [0.05, 0.1) is 0 Å². The Balaban J connectivity index is 1.11. The number of hydrogen-bond acceptors (Lipinski definition) is 4. The van der Waals surface area contributed by atoms with Gasteiger partial charge in [-0.3, -0.25) is 19.6 Å². The summed E-state index contributed by atoms with van der Waals surface area (Å²) in [5.41, 5.74) is 16.2. The maximum atomic E-state index is 2.63. The molecule has 64 heavy (non-hydrogen) atoms. The lowest BCUT2D eigenvalue weighted by Gasteiger charge is -2.29. The van der Waals surface area contributed by atoms with Crippen LogP contribution in [0.15, 0.2) is 218 Å². The smallest absolute Gasteiger partial charge is 0.0244 e. The van der Waals surface area contributed by atoms with E-state index in [2.05, 4.69) is 238 Å². The Morgan fingerprint density at radius 3 is 0.672 bits per heavy atom. The molecule has 4 heteroatoms. The minimum absolute atomic E-state index is 0.857.